The van der Waals surface area contributed by atoms with E-state index in [0.29, 0.717) is 0 Å². The van der Waals surface area contributed by atoms with Crippen LogP contribution in [0.15, 0.2) is 0 Å². The Labute approximate surface area is 52.3 Å². The lowest BCUT2D eigenvalue weighted by Crippen LogP contribution is -2.69. The fourth-order valence-electron chi connectivity index (χ4n) is 0.289. The van der Waals surface area contributed by atoms with Crippen molar-refractivity contribution in [1.82, 2.24) is 0 Å². The number of Topliss-reactive ketones (excluding diaryl/α,β-unsaturated/α-hetero) is 1. The Morgan fingerprint density at radius 1 is 1.22 bits per heavy atom. The van der Waals surface area contributed by atoms with E-state index in [2.05, 4.69) is 0 Å². The number of carbonyl (C=O) groups is 1. The van der Waals surface area contributed by atoms with Crippen molar-refractivity contribution in [2.45, 2.75) is 12.0 Å². The van der Waals surface area contributed by atoms with Crippen molar-refractivity contribution < 1.29 is 4.79 Å². The molecule has 0 radical (unpaired) electrons. The van der Waals surface area contributed by atoms with E-state index in [0.717, 1.165) is 0 Å². The van der Waals surface area contributed by atoms with Gasteiger partial charge >= 0.3 is 0 Å². The highest BCUT2D eigenvalue weighted by Gasteiger charge is 2.26. The summed E-state index contributed by atoms with van der Waals surface area (Å²) in [4.78, 5) is 10.5. The molecule has 0 bridgehead atoms. The van der Waals surface area contributed by atoms with Gasteiger partial charge in [-0.05, 0) is 0 Å². The minimum Gasteiger partial charge on any atom is -0.310 e. The van der Waals surface area contributed by atoms with Gasteiger partial charge in [-0.3, -0.25) is 22.0 Å². The van der Waals surface area contributed by atoms with Crippen molar-refractivity contribution >= 4 is 5.78 Å². The quantitative estimate of drug-likeness (QED) is 0.245. The van der Waals surface area contributed by atoms with Crippen LogP contribution in [0.25, 0.3) is 0 Å². The Bertz CT molecular complexity index is 114. The van der Waals surface area contributed by atoms with Crippen LogP contribution < -0.4 is 28.7 Å². The number of rotatable bonds is 2. The highest BCUT2D eigenvalue weighted by atomic mass is 16.1. The zero-order valence-corrected chi connectivity index (χ0v) is 4.87. The van der Waals surface area contributed by atoms with E-state index in [1.165, 1.54) is 0 Å². The molecule has 54 valence electrons. The molecule has 0 fully saturated rings. The molecule has 0 aliphatic carbocycles. The number of hydrogen-bond donors (Lipinski definition) is 5. The van der Waals surface area contributed by atoms with Gasteiger partial charge in [-0.2, -0.15) is 0 Å². The molecular weight excluding hydrogens is 122 g/mol. The van der Waals surface area contributed by atoms with Gasteiger partial charge in [0.05, 0.1) is 0 Å². The van der Waals surface area contributed by atoms with Crippen molar-refractivity contribution in [2.24, 2.45) is 28.7 Å². The van der Waals surface area contributed by atoms with Crippen LogP contribution in [-0.4, -0.2) is 17.7 Å². The summed E-state index contributed by atoms with van der Waals surface area (Å²) in [6.07, 6.45) is -1.20. The van der Waals surface area contributed by atoms with Crippen molar-refractivity contribution in [2.75, 3.05) is 0 Å². The van der Waals surface area contributed by atoms with Crippen molar-refractivity contribution in [3.8, 4) is 0 Å². The third-order valence-electron chi connectivity index (χ3n) is 0.730. The number of hydrogen-bond acceptors (Lipinski definition) is 6. The summed E-state index contributed by atoms with van der Waals surface area (Å²) in [6.45, 7) is 0. The van der Waals surface area contributed by atoms with E-state index >= 15 is 0 Å². The van der Waals surface area contributed by atoms with Gasteiger partial charge in [0, 0.05) is 0 Å². The monoisotopic (exact) mass is 133 g/mol. The normalized spacial score (nSPS) is 12.2. The molecule has 0 heterocycles. The fourth-order valence-corrected chi connectivity index (χ4v) is 0.289. The summed E-state index contributed by atoms with van der Waals surface area (Å²) < 4.78 is 0. The Kier molecular flexibility index (Phi) is 2.24. The van der Waals surface area contributed by atoms with Crippen LogP contribution in [0.5, 0.6) is 0 Å². The predicted molar refractivity (Wildman–Crippen MR) is 32.5 cm³/mol. The Hall–Kier alpha value is -0.530. The average molecular weight is 133 g/mol. The maximum absolute atomic E-state index is 10.5. The third kappa shape index (κ3) is 2.49. The molecule has 0 rings (SSSR count). The van der Waals surface area contributed by atoms with Crippen LogP contribution in [0.1, 0.15) is 0 Å². The van der Waals surface area contributed by atoms with Crippen LogP contribution >= 0.6 is 0 Å². The van der Waals surface area contributed by atoms with Gasteiger partial charge in [-0.25, -0.2) is 0 Å². The first kappa shape index (κ1) is 8.47. The summed E-state index contributed by atoms with van der Waals surface area (Å²) in [6, 6.07) is 0. The largest absolute Gasteiger partial charge is 0.310 e. The second-order valence-electron chi connectivity index (χ2n) is 1.82. The molecule has 6 heteroatoms. The first-order valence-electron chi connectivity index (χ1n) is 2.28. The summed E-state index contributed by atoms with van der Waals surface area (Å²) >= 11 is 0. The number of nitrogens with two attached hydrogens (primary N) is 5. The summed E-state index contributed by atoms with van der Waals surface area (Å²) in [7, 11) is 0. The summed E-state index contributed by atoms with van der Waals surface area (Å²) in [5.74, 6) is -2.68. The second-order valence-corrected chi connectivity index (χ2v) is 1.82. The van der Waals surface area contributed by atoms with Gasteiger partial charge in [0.1, 0.15) is 6.17 Å². The minimum absolute atomic E-state index is 0.775. The number of carbonyl (C=O) groups excluding carboxylic acids is 1. The van der Waals surface area contributed by atoms with E-state index in [1.807, 2.05) is 0 Å². The van der Waals surface area contributed by atoms with Crippen LogP contribution in [0.4, 0.5) is 0 Å². The predicted octanol–water partition coefficient (Wildman–Crippen LogP) is -3.67. The molecule has 10 N–H and O–H groups in total. The van der Waals surface area contributed by atoms with E-state index in [1.54, 1.807) is 0 Å². The molecule has 0 amide bonds. The maximum atomic E-state index is 10.5. The lowest BCUT2D eigenvalue weighted by atomic mass is 10.2. The van der Waals surface area contributed by atoms with Gasteiger partial charge in [-0.1, -0.05) is 0 Å². The summed E-state index contributed by atoms with van der Waals surface area (Å²) in [5.41, 5.74) is 24.6. The zero-order chi connectivity index (χ0) is 7.65. The maximum Gasteiger partial charge on any atom is 0.212 e. The van der Waals surface area contributed by atoms with Crippen LogP contribution in [0, 0.1) is 0 Å². The van der Waals surface area contributed by atoms with Gasteiger partial charge in [0.25, 0.3) is 0 Å². The van der Waals surface area contributed by atoms with Crippen LogP contribution in [-0.2, 0) is 4.79 Å². The second kappa shape index (κ2) is 2.38. The van der Waals surface area contributed by atoms with Gasteiger partial charge in [-0.15, -0.1) is 0 Å². The highest BCUT2D eigenvalue weighted by molar-refractivity contribution is 5.90. The molecule has 0 aromatic rings. The van der Waals surface area contributed by atoms with Crippen LogP contribution in [0.2, 0.25) is 0 Å². The van der Waals surface area contributed by atoms with Crippen LogP contribution in [0.3, 0.4) is 0 Å². The zero-order valence-electron chi connectivity index (χ0n) is 4.87. The lowest BCUT2D eigenvalue weighted by molar-refractivity contribution is -0.125. The molecule has 0 spiro atoms. The molecular formula is C3H11N5O. The molecule has 0 aromatic carbocycles. The molecule has 9 heavy (non-hydrogen) atoms. The van der Waals surface area contributed by atoms with Crippen molar-refractivity contribution in [3.63, 3.8) is 0 Å². The first-order valence-corrected chi connectivity index (χ1v) is 2.28. The molecule has 0 aromatic heterocycles. The van der Waals surface area contributed by atoms with E-state index in [-0.39, 0.29) is 0 Å². The van der Waals surface area contributed by atoms with Crippen molar-refractivity contribution in [3.05, 3.63) is 0 Å². The minimum atomic E-state index is -1.91. The first-order chi connectivity index (χ1) is 3.85. The van der Waals surface area contributed by atoms with Crippen molar-refractivity contribution in [1.29, 1.82) is 0 Å². The molecule has 0 aliphatic heterocycles. The Balaban J connectivity index is 4.06. The van der Waals surface area contributed by atoms with Gasteiger partial charge < -0.3 is 11.5 Å². The van der Waals surface area contributed by atoms with E-state index in [4.69, 9.17) is 28.7 Å². The van der Waals surface area contributed by atoms with E-state index in [9.17, 15) is 4.79 Å². The Morgan fingerprint density at radius 2 is 1.56 bits per heavy atom. The standard InChI is InChI=1S/C3H11N5O/c4-2(5)1(9)3(6,7)8/h2H,4-8H2. The molecule has 0 saturated heterocycles. The number of ketones is 1. The molecule has 0 aliphatic rings. The average Bonchev–Trinajstić information content (AvgIpc) is 1.62. The SMILES string of the molecule is NC(N)C(=O)C(N)(N)N. The van der Waals surface area contributed by atoms with Gasteiger partial charge in [0.2, 0.25) is 5.78 Å². The topological polar surface area (TPSA) is 147 Å². The van der Waals surface area contributed by atoms with E-state index < -0.39 is 17.7 Å². The Morgan fingerprint density at radius 3 is 1.56 bits per heavy atom. The summed E-state index contributed by atoms with van der Waals surface area (Å²) in [5, 5.41) is 0. The molecule has 0 unspecified atom stereocenters. The highest BCUT2D eigenvalue weighted by Crippen LogP contribution is 1.81. The molecule has 6 nitrogen and oxygen atoms in total. The fraction of sp³-hybridized carbons (Fsp3) is 0.667. The van der Waals surface area contributed by atoms with Gasteiger partial charge in [0.15, 0.2) is 5.79 Å². The smallest absolute Gasteiger partial charge is 0.212 e. The molecule has 0 atom stereocenters. The lowest BCUT2D eigenvalue weighted by Gasteiger charge is -2.18. The third-order valence-corrected chi connectivity index (χ3v) is 0.730. The molecule has 0 saturated carbocycles.